The van der Waals surface area contributed by atoms with Crippen molar-refractivity contribution >= 4 is 24.0 Å². The number of nitrogens with zero attached hydrogens (tertiary/aromatic N) is 1. The standard InChI is InChI=1S/C13H14ClF3N2O2.ClH/c14-9-6-11-10(20-7-21-11)5-8(9)12(13(15,16)17)19-3-1-18-2-4-19;/h5-6,12,18H,1-4,7H2;1H/t12-;/m1./s1. The molecule has 0 aliphatic carbocycles. The van der Waals surface area contributed by atoms with Gasteiger partial charge in [-0.25, -0.2) is 0 Å². The summed E-state index contributed by atoms with van der Waals surface area (Å²) in [5, 5.41) is 3.08. The van der Waals surface area contributed by atoms with E-state index in [-0.39, 0.29) is 29.8 Å². The molecular formula is C13H15Cl2F3N2O2. The third-order valence-corrected chi connectivity index (χ3v) is 3.94. The van der Waals surface area contributed by atoms with Crippen molar-refractivity contribution in [3.8, 4) is 11.5 Å². The fraction of sp³-hybridized carbons (Fsp3) is 0.538. The minimum absolute atomic E-state index is 0. The Kier molecular flexibility index (Phi) is 5.32. The summed E-state index contributed by atoms with van der Waals surface area (Å²) in [5.41, 5.74) is 0.00955. The summed E-state index contributed by atoms with van der Waals surface area (Å²) in [4.78, 5) is 1.39. The highest BCUT2D eigenvalue weighted by molar-refractivity contribution is 6.31. The maximum atomic E-state index is 13.5. The predicted octanol–water partition coefficient (Wildman–Crippen LogP) is 3.00. The maximum absolute atomic E-state index is 13.5. The largest absolute Gasteiger partial charge is 0.454 e. The monoisotopic (exact) mass is 358 g/mol. The molecular weight excluding hydrogens is 344 g/mol. The third kappa shape index (κ3) is 3.37. The smallest absolute Gasteiger partial charge is 0.408 e. The van der Waals surface area contributed by atoms with E-state index in [0.29, 0.717) is 37.7 Å². The van der Waals surface area contributed by atoms with Gasteiger partial charge >= 0.3 is 6.18 Å². The number of fused-ring (bicyclic) bond motifs is 1. The van der Waals surface area contributed by atoms with Crippen molar-refractivity contribution in [1.29, 1.82) is 0 Å². The number of piperazine rings is 1. The van der Waals surface area contributed by atoms with Crippen LogP contribution in [0.5, 0.6) is 11.5 Å². The molecule has 1 aromatic rings. The Bertz CT molecular complexity index is 537. The number of hydrogen-bond acceptors (Lipinski definition) is 4. The van der Waals surface area contributed by atoms with Crippen LogP contribution in [0, 0.1) is 0 Å². The second kappa shape index (κ2) is 6.70. The van der Waals surface area contributed by atoms with Crippen molar-refractivity contribution in [3.63, 3.8) is 0 Å². The summed E-state index contributed by atoms with van der Waals surface area (Å²) in [7, 11) is 0. The minimum atomic E-state index is -4.41. The summed E-state index contributed by atoms with van der Waals surface area (Å²) in [6.07, 6.45) is -4.41. The number of hydrogen-bond donors (Lipinski definition) is 1. The summed E-state index contributed by atoms with van der Waals surface area (Å²) in [6.45, 7) is 1.67. The van der Waals surface area contributed by atoms with E-state index in [1.807, 2.05) is 0 Å². The molecule has 1 atom stereocenters. The van der Waals surface area contributed by atoms with Crippen molar-refractivity contribution in [1.82, 2.24) is 10.2 Å². The fourth-order valence-corrected chi connectivity index (χ4v) is 2.92. The molecule has 0 spiro atoms. The normalized spacial score (nSPS) is 19.6. The van der Waals surface area contributed by atoms with Crippen molar-refractivity contribution in [2.45, 2.75) is 12.2 Å². The molecule has 1 aromatic carbocycles. The maximum Gasteiger partial charge on any atom is 0.408 e. The molecule has 0 radical (unpaired) electrons. The van der Waals surface area contributed by atoms with Crippen LogP contribution in [0.25, 0.3) is 0 Å². The summed E-state index contributed by atoms with van der Waals surface area (Å²) in [5.74, 6) is 0.684. The first-order chi connectivity index (χ1) is 9.97. The highest BCUT2D eigenvalue weighted by atomic mass is 35.5. The van der Waals surface area contributed by atoms with Gasteiger partial charge in [0, 0.05) is 42.8 Å². The van der Waals surface area contributed by atoms with Gasteiger partial charge in [0.05, 0.1) is 0 Å². The van der Waals surface area contributed by atoms with E-state index in [0.717, 1.165) is 0 Å². The highest BCUT2D eigenvalue weighted by Crippen LogP contribution is 2.45. The van der Waals surface area contributed by atoms with Crippen LogP contribution >= 0.6 is 24.0 Å². The van der Waals surface area contributed by atoms with Crippen LogP contribution in [0.15, 0.2) is 12.1 Å². The van der Waals surface area contributed by atoms with Gasteiger partial charge in [0.1, 0.15) is 6.04 Å². The Morgan fingerprint density at radius 1 is 1.14 bits per heavy atom. The number of nitrogens with one attached hydrogen (secondary N) is 1. The average molecular weight is 359 g/mol. The van der Waals surface area contributed by atoms with Gasteiger partial charge in [-0.05, 0) is 6.07 Å². The van der Waals surface area contributed by atoms with E-state index in [4.69, 9.17) is 21.1 Å². The molecule has 2 heterocycles. The van der Waals surface area contributed by atoms with Crippen molar-refractivity contribution < 1.29 is 22.6 Å². The van der Waals surface area contributed by atoms with Crippen LogP contribution in [-0.2, 0) is 0 Å². The first-order valence-electron chi connectivity index (χ1n) is 6.57. The first kappa shape index (κ1) is 17.5. The molecule has 1 fully saturated rings. The Hall–Kier alpha value is -0.890. The predicted molar refractivity (Wildman–Crippen MR) is 78.1 cm³/mol. The fourth-order valence-electron chi connectivity index (χ4n) is 2.66. The number of halogens is 5. The minimum Gasteiger partial charge on any atom is -0.454 e. The molecule has 0 bridgehead atoms. The average Bonchev–Trinajstić information content (AvgIpc) is 2.86. The lowest BCUT2D eigenvalue weighted by atomic mass is 10.0. The summed E-state index contributed by atoms with van der Waals surface area (Å²) in [6, 6.07) is 0.993. The number of ether oxygens (including phenoxy) is 2. The zero-order valence-corrected chi connectivity index (χ0v) is 13.0. The van der Waals surface area contributed by atoms with Crippen molar-refractivity contribution in [2.24, 2.45) is 0 Å². The van der Waals surface area contributed by atoms with E-state index in [9.17, 15) is 13.2 Å². The third-order valence-electron chi connectivity index (χ3n) is 3.61. The van der Waals surface area contributed by atoms with Gasteiger partial charge in [0.25, 0.3) is 0 Å². The molecule has 4 nitrogen and oxygen atoms in total. The first-order valence-corrected chi connectivity index (χ1v) is 6.95. The molecule has 0 unspecified atom stereocenters. The lowest BCUT2D eigenvalue weighted by molar-refractivity contribution is -0.187. The van der Waals surface area contributed by atoms with Crippen LogP contribution in [0.1, 0.15) is 11.6 Å². The van der Waals surface area contributed by atoms with E-state index in [2.05, 4.69) is 5.32 Å². The molecule has 22 heavy (non-hydrogen) atoms. The molecule has 2 aliphatic rings. The quantitative estimate of drug-likeness (QED) is 0.881. The SMILES string of the molecule is Cl.FC(F)(F)[C@@H](c1cc2c(cc1Cl)OCO2)N1CCNCC1. The number of alkyl halides is 3. The zero-order chi connectivity index (χ0) is 15.0. The van der Waals surface area contributed by atoms with Crippen LogP contribution in [0.4, 0.5) is 13.2 Å². The van der Waals surface area contributed by atoms with Gasteiger partial charge in [0.2, 0.25) is 6.79 Å². The van der Waals surface area contributed by atoms with E-state index in [1.54, 1.807) is 0 Å². The van der Waals surface area contributed by atoms with Gasteiger partial charge in [-0.1, -0.05) is 11.6 Å². The summed E-state index contributed by atoms with van der Waals surface area (Å²) < 4.78 is 50.9. The van der Waals surface area contributed by atoms with Crippen LogP contribution in [0.3, 0.4) is 0 Å². The molecule has 2 aliphatic heterocycles. The Labute approximate surface area is 136 Å². The second-order valence-electron chi connectivity index (χ2n) is 4.96. The van der Waals surface area contributed by atoms with E-state index < -0.39 is 12.2 Å². The molecule has 9 heteroatoms. The lowest BCUT2D eigenvalue weighted by Crippen LogP contribution is -2.49. The molecule has 0 amide bonds. The van der Waals surface area contributed by atoms with Gasteiger partial charge in [0.15, 0.2) is 11.5 Å². The van der Waals surface area contributed by atoms with Gasteiger partial charge in [-0.3, -0.25) is 4.90 Å². The van der Waals surface area contributed by atoms with Crippen molar-refractivity contribution in [3.05, 3.63) is 22.7 Å². The lowest BCUT2D eigenvalue weighted by Gasteiger charge is -2.36. The molecule has 3 rings (SSSR count). The summed E-state index contributed by atoms with van der Waals surface area (Å²) >= 11 is 6.05. The van der Waals surface area contributed by atoms with E-state index >= 15 is 0 Å². The molecule has 0 saturated carbocycles. The molecule has 1 N–H and O–H groups in total. The molecule has 124 valence electrons. The molecule has 1 saturated heterocycles. The number of benzene rings is 1. The Morgan fingerprint density at radius 2 is 1.73 bits per heavy atom. The van der Waals surface area contributed by atoms with E-state index in [1.165, 1.54) is 17.0 Å². The van der Waals surface area contributed by atoms with Crippen LogP contribution in [-0.4, -0.2) is 44.0 Å². The van der Waals surface area contributed by atoms with Crippen LogP contribution < -0.4 is 14.8 Å². The topological polar surface area (TPSA) is 33.7 Å². The van der Waals surface area contributed by atoms with Gasteiger partial charge in [-0.2, -0.15) is 13.2 Å². The van der Waals surface area contributed by atoms with Crippen LogP contribution in [0.2, 0.25) is 5.02 Å². The van der Waals surface area contributed by atoms with Gasteiger partial charge < -0.3 is 14.8 Å². The zero-order valence-electron chi connectivity index (χ0n) is 11.5. The van der Waals surface area contributed by atoms with Crippen molar-refractivity contribution in [2.75, 3.05) is 33.0 Å². The number of rotatable bonds is 2. The van der Waals surface area contributed by atoms with Gasteiger partial charge in [-0.15, -0.1) is 12.4 Å². The second-order valence-corrected chi connectivity index (χ2v) is 5.36. The molecule has 0 aromatic heterocycles. The Balaban J connectivity index is 0.00000176. The highest BCUT2D eigenvalue weighted by Gasteiger charge is 2.46. The Morgan fingerprint density at radius 3 is 2.32 bits per heavy atom.